The van der Waals surface area contributed by atoms with Gasteiger partial charge in [0, 0.05) is 23.8 Å². The van der Waals surface area contributed by atoms with E-state index in [-0.39, 0.29) is 5.91 Å². The molecule has 2 heterocycles. The van der Waals surface area contributed by atoms with Crippen LogP contribution in [0.4, 0.5) is 0 Å². The number of carbonyl (C=O) groups is 1. The van der Waals surface area contributed by atoms with Crippen LogP contribution < -0.4 is 5.43 Å². The van der Waals surface area contributed by atoms with Crippen LogP contribution in [0.2, 0.25) is 5.02 Å². The molecule has 3 rings (SSSR count). The zero-order chi connectivity index (χ0) is 16.2. The van der Waals surface area contributed by atoms with Crippen LogP contribution >= 0.6 is 11.6 Å². The van der Waals surface area contributed by atoms with Gasteiger partial charge in [-0.05, 0) is 30.3 Å². The van der Waals surface area contributed by atoms with Crippen molar-refractivity contribution in [1.29, 1.82) is 0 Å². The Morgan fingerprint density at radius 2 is 2.13 bits per heavy atom. The van der Waals surface area contributed by atoms with Gasteiger partial charge in [0.05, 0.1) is 17.6 Å². The molecule has 0 unspecified atom stereocenters. The van der Waals surface area contributed by atoms with Gasteiger partial charge in [0.1, 0.15) is 5.69 Å². The number of aromatic amines is 1. The second-order valence-electron chi connectivity index (χ2n) is 4.92. The van der Waals surface area contributed by atoms with E-state index in [2.05, 4.69) is 20.7 Å². The van der Waals surface area contributed by atoms with Gasteiger partial charge in [0.15, 0.2) is 0 Å². The van der Waals surface area contributed by atoms with E-state index >= 15 is 0 Å². The van der Waals surface area contributed by atoms with Crippen LogP contribution in [-0.2, 0) is 7.05 Å². The van der Waals surface area contributed by atoms with Gasteiger partial charge in [-0.15, -0.1) is 0 Å². The van der Waals surface area contributed by atoms with Crippen LogP contribution in [0.5, 0.6) is 0 Å². The number of aryl methyl sites for hydroxylation is 1. The second-order valence-corrected chi connectivity index (χ2v) is 5.35. The van der Waals surface area contributed by atoms with E-state index in [1.54, 1.807) is 24.4 Å². The number of nitrogens with one attached hydrogen (secondary N) is 2. The maximum Gasteiger partial charge on any atom is 0.289 e. The molecule has 1 aromatic carbocycles. The number of amides is 1. The fraction of sp³-hybridized carbons (Fsp3) is 0.0625. The molecule has 7 heteroatoms. The van der Waals surface area contributed by atoms with E-state index in [0.717, 1.165) is 11.3 Å². The highest BCUT2D eigenvalue weighted by Gasteiger charge is 2.10. The van der Waals surface area contributed by atoms with Gasteiger partial charge >= 0.3 is 0 Å². The molecule has 116 valence electrons. The first-order chi connectivity index (χ1) is 11.1. The van der Waals surface area contributed by atoms with E-state index in [1.807, 2.05) is 42.1 Å². The van der Waals surface area contributed by atoms with Crippen molar-refractivity contribution in [2.24, 2.45) is 12.1 Å². The van der Waals surface area contributed by atoms with E-state index in [1.165, 1.54) is 0 Å². The third-order valence-corrected chi connectivity index (χ3v) is 3.56. The largest absolute Gasteiger partial charge is 0.350 e. The van der Waals surface area contributed by atoms with Crippen molar-refractivity contribution in [3.63, 3.8) is 0 Å². The first-order valence-corrected chi connectivity index (χ1v) is 7.27. The van der Waals surface area contributed by atoms with Crippen molar-refractivity contribution < 1.29 is 4.79 Å². The summed E-state index contributed by atoms with van der Waals surface area (Å²) in [5.41, 5.74) is 5.22. The van der Waals surface area contributed by atoms with Gasteiger partial charge in [0.2, 0.25) is 0 Å². The molecule has 23 heavy (non-hydrogen) atoms. The number of rotatable bonds is 4. The van der Waals surface area contributed by atoms with Gasteiger partial charge in [0.25, 0.3) is 5.91 Å². The van der Waals surface area contributed by atoms with Crippen LogP contribution in [0.15, 0.2) is 53.8 Å². The number of benzene rings is 1. The van der Waals surface area contributed by atoms with Crippen LogP contribution in [0.3, 0.4) is 0 Å². The number of hydrogen-bond acceptors (Lipinski definition) is 3. The summed E-state index contributed by atoms with van der Waals surface area (Å²) in [6.07, 6.45) is 3.48. The lowest BCUT2D eigenvalue weighted by Gasteiger charge is -1.97. The van der Waals surface area contributed by atoms with Gasteiger partial charge in [-0.2, -0.15) is 10.2 Å². The number of H-pyrrole nitrogens is 1. The lowest BCUT2D eigenvalue weighted by molar-refractivity contribution is 0.0950. The van der Waals surface area contributed by atoms with Crippen LogP contribution in [0.1, 0.15) is 16.2 Å². The van der Waals surface area contributed by atoms with Crippen LogP contribution in [-0.4, -0.2) is 26.9 Å². The third-order valence-electron chi connectivity index (χ3n) is 3.31. The lowest BCUT2D eigenvalue weighted by atomic mass is 10.1. The minimum absolute atomic E-state index is 0.332. The van der Waals surface area contributed by atoms with Crippen molar-refractivity contribution in [1.82, 2.24) is 20.2 Å². The summed E-state index contributed by atoms with van der Waals surface area (Å²) in [6.45, 7) is 0. The Hall–Kier alpha value is -2.86. The smallest absolute Gasteiger partial charge is 0.289 e. The van der Waals surface area contributed by atoms with E-state index in [4.69, 9.17) is 11.6 Å². The van der Waals surface area contributed by atoms with E-state index in [0.29, 0.717) is 16.4 Å². The molecule has 0 radical (unpaired) electrons. The SMILES string of the molecule is Cn1cccc1/C=N\NC(=O)c1cc(-c2ccc(Cl)cc2)n[nH]1. The molecule has 0 bridgehead atoms. The van der Waals surface area contributed by atoms with E-state index < -0.39 is 0 Å². The van der Waals surface area contributed by atoms with Crippen LogP contribution in [0.25, 0.3) is 11.3 Å². The number of nitrogens with zero attached hydrogens (tertiary/aromatic N) is 3. The molecule has 2 N–H and O–H groups in total. The fourth-order valence-corrected chi connectivity index (χ4v) is 2.16. The van der Waals surface area contributed by atoms with Crippen molar-refractivity contribution in [2.75, 3.05) is 0 Å². The highest BCUT2D eigenvalue weighted by atomic mass is 35.5. The fourth-order valence-electron chi connectivity index (χ4n) is 2.03. The highest BCUT2D eigenvalue weighted by molar-refractivity contribution is 6.30. The first-order valence-electron chi connectivity index (χ1n) is 6.89. The Bertz CT molecular complexity index is 847. The normalized spacial score (nSPS) is 11.0. The van der Waals surface area contributed by atoms with Gasteiger partial charge in [-0.3, -0.25) is 9.89 Å². The molecule has 0 aliphatic heterocycles. The summed E-state index contributed by atoms with van der Waals surface area (Å²) >= 11 is 5.86. The minimum Gasteiger partial charge on any atom is -0.350 e. The maximum absolute atomic E-state index is 12.0. The molecule has 0 fully saturated rings. The van der Waals surface area contributed by atoms with Crippen LogP contribution in [0, 0.1) is 0 Å². The van der Waals surface area contributed by atoms with Crippen molar-refractivity contribution in [3.8, 4) is 11.3 Å². The maximum atomic E-state index is 12.0. The molecule has 0 spiro atoms. The average Bonchev–Trinajstić information content (AvgIpc) is 3.18. The van der Waals surface area contributed by atoms with Gasteiger partial charge in [-0.1, -0.05) is 23.7 Å². The Morgan fingerprint density at radius 1 is 1.35 bits per heavy atom. The van der Waals surface area contributed by atoms with E-state index in [9.17, 15) is 4.79 Å². The summed E-state index contributed by atoms with van der Waals surface area (Å²) < 4.78 is 1.89. The topological polar surface area (TPSA) is 75.1 Å². The Morgan fingerprint density at radius 3 is 2.83 bits per heavy atom. The monoisotopic (exact) mass is 327 g/mol. The number of hydrogen-bond donors (Lipinski definition) is 2. The molecule has 3 aromatic rings. The minimum atomic E-state index is -0.358. The summed E-state index contributed by atoms with van der Waals surface area (Å²) in [5.74, 6) is -0.358. The molecule has 0 aliphatic rings. The predicted molar refractivity (Wildman–Crippen MR) is 89.5 cm³/mol. The molecule has 6 nitrogen and oxygen atoms in total. The predicted octanol–water partition coefficient (Wildman–Crippen LogP) is 2.83. The number of halogens is 1. The Labute approximate surface area is 137 Å². The number of aromatic nitrogens is 3. The molecule has 2 aromatic heterocycles. The van der Waals surface area contributed by atoms with Crippen molar-refractivity contribution in [2.45, 2.75) is 0 Å². The molecule has 0 saturated heterocycles. The number of hydrazone groups is 1. The van der Waals surface area contributed by atoms with Crippen molar-refractivity contribution in [3.05, 3.63) is 65.1 Å². The molecular weight excluding hydrogens is 314 g/mol. The van der Waals surface area contributed by atoms with Gasteiger partial charge in [-0.25, -0.2) is 5.43 Å². The summed E-state index contributed by atoms with van der Waals surface area (Å²) in [7, 11) is 1.90. The zero-order valence-corrected chi connectivity index (χ0v) is 13.1. The first kappa shape index (κ1) is 15.1. The number of carbonyl (C=O) groups excluding carboxylic acids is 1. The molecule has 0 aliphatic carbocycles. The summed E-state index contributed by atoms with van der Waals surface area (Å²) in [5, 5.41) is 11.4. The lowest BCUT2D eigenvalue weighted by Crippen LogP contribution is -2.18. The molecule has 1 amide bonds. The Kier molecular flexibility index (Phi) is 4.25. The summed E-state index contributed by atoms with van der Waals surface area (Å²) in [6, 6.07) is 12.7. The quantitative estimate of drug-likeness (QED) is 0.571. The highest BCUT2D eigenvalue weighted by Crippen LogP contribution is 2.20. The average molecular weight is 328 g/mol. The summed E-state index contributed by atoms with van der Waals surface area (Å²) in [4.78, 5) is 12.0. The van der Waals surface area contributed by atoms with Gasteiger partial charge < -0.3 is 4.57 Å². The second kappa shape index (κ2) is 6.50. The zero-order valence-electron chi connectivity index (χ0n) is 12.3. The molecule has 0 saturated carbocycles. The Balaban J connectivity index is 1.68. The standard InChI is InChI=1S/C16H14ClN5O/c1-22-8-2-3-13(22)10-18-21-16(23)15-9-14(19-20-15)11-4-6-12(17)7-5-11/h2-10H,1H3,(H,19,20)(H,21,23)/b18-10-. The third kappa shape index (κ3) is 3.49. The van der Waals surface area contributed by atoms with Crippen molar-refractivity contribution >= 4 is 23.7 Å². The molecule has 0 atom stereocenters. The molecular formula is C16H14ClN5O.